The van der Waals surface area contributed by atoms with Crippen molar-refractivity contribution in [3.63, 3.8) is 0 Å². The average molecular weight is 446 g/mol. The van der Waals surface area contributed by atoms with Gasteiger partial charge in [0.1, 0.15) is 18.9 Å². The van der Waals surface area contributed by atoms with Crippen LogP contribution in [0.1, 0.15) is 36.6 Å². The van der Waals surface area contributed by atoms with Gasteiger partial charge >= 0.3 is 5.97 Å². The van der Waals surface area contributed by atoms with Crippen molar-refractivity contribution >= 4 is 17.8 Å². The van der Waals surface area contributed by atoms with Crippen LogP contribution in [0.5, 0.6) is 0 Å². The van der Waals surface area contributed by atoms with Crippen LogP contribution in [0.15, 0.2) is 72.2 Å². The van der Waals surface area contributed by atoms with Gasteiger partial charge in [0.05, 0.1) is 12.2 Å². The molecule has 0 saturated heterocycles. The van der Waals surface area contributed by atoms with Gasteiger partial charge < -0.3 is 15.0 Å². The number of esters is 1. The molecule has 4 rings (SSSR count). The Morgan fingerprint density at radius 3 is 2.52 bits per heavy atom. The second kappa shape index (κ2) is 9.68. The molecule has 1 aromatic heterocycles. The highest BCUT2D eigenvalue weighted by Gasteiger charge is 2.38. The number of hydrogen-bond acceptors (Lipinski definition) is 6. The molecular weight excluding hydrogens is 418 g/mol. The Labute approximate surface area is 192 Å². The molecule has 1 aliphatic heterocycles. The largest absolute Gasteiger partial charge is 0.463 e. The van der Waals surface area contributed by atoms with Crippen molar-refractivity contribution in [3.8, 4) is 0 Å². The van der Waals surface area contributed by atoms with Gasteiger partial charge in [0, 0.05) is 12.2 Å². The van der Waals surface area contributed by atoms with Gasteiger partial charge in [-0.2, -0.15) is 10.1 Å². The van der Waals surface area contributed by atoms with E-state index in [1.54, 1.807) is 16.5 Å². The second-order valence-corrected chi connectivity index (χ2v) is 7.83. The highest BCUT2D eigenvalue weighted by Crippen LogP contribution is 2.38. The van der Waals surface area contributed by atoms with E-state index in [1.807, 2.05) is 68.4 Å². The fraction of sp³-hybridized carbons (Fsp3) is 0.280. The number of carbonyl (C=O) groups excluding carboxylic acids is 2. The van der Waals surface area contributed by atoms with Gasteiger partial charge in [0.15, 0.2) is 0 Å². The molecule has 0 aliphatic carbocycles. The second-order valence-electron chi connectivity index (χ2n) is 7.83. The predicted octanol–water partition coefficient (Wildman–Crippen LogP) is 3.15. The molecule has 0 saturated carbocycles. The van der Waals surface area contributed by atoms with Crippen LogP contribution >= 0.6 is 0 Å². The Bertz CT molecular complexity index is 1190. The molecule has 1 N–H and O–H groups in total. The number of benzene rings is 2. The maximum Gasteiger partial charge on any atom is 0.338 e. The molecule has 0 fully saturated rings. The Hall–Kier alpha value is -3.94. The third-order valence-corrected chi connectivity index (χ3v) is 5.76. The van der Waals surface area contributed by atoms with Gasteiger partial charge in [0.25, 0.3) is 0 Å². The molecule has 33 heavy (non-hydrogen) atoms. The van der Waals surface area contributed by atoms with E-state index in [2.05, 4.69) is 15.4 Å². The number of ether oxygens (including phenoxy) is 1. The average Bonchev–Trinajstić information content (AvgIpc) is 3.30. The van der Waals surface area contributed by atoms with Crippen LogP contribution in [0.25, 0.3) is 0 Å². The highest BCUT2D eigenvalue weighted by atomic mass is 16.5. The number of allylic oxidation sites excluding steroid dienone is 1. The van der Waals surface area contributed by atoms with E-state index in [4.69, 9.17) is 4.74 Å². The molecule has 8 heteroatoms. The van der Waals surface area contributed by atoms with Crippen LogP contribution < -0.4 is 10.2 Å². The molecule has 0 bridgehead atoms. The van der Waals surface area contributed by atoms with Crippen molar-refractivity contribution in [3.05, 3.63) is 88.9 Å². The van der Waals surface area contributed by atoms with Crippen LogP contribution in [0.4, 0.5) is 5.95 Å². The van der Waals surface area contributed by atoms with Crippen molar-refractivity contribution in [2.75, 3.05) is 18.1 Å². The van der Waals surface area contributed by atoms with Crippen molar-refractivity contribution in [1.29, 1.82) is 0 Å². The number of hydrogen-bond donors (Lipinski definition) is 1. The molecule has 1 aliphatic rings. The number of nitrogens with one attached hydrogen (secondary N) is 1. The molecule has 2 heterocycles. The minimum atomic E-state index is -0.492. The first kappa shape index (κ1) is 22.3. The molecule has 0 unspecified atom stereocenters. The number of carbonyl (C=O) groups is 2. The van der Waals surface area contributed by atoms with E-state index < -0.39 is 12.0 Å². The summed E-state index contributed by atoms with van der Waals surface area (Å²) in [6.45, 7) is 6.27. The lowest BCUT2D eigenvalue weighted by atomic mass is 9.95. The maximum atomic E-state index is 13.0. The van der Waals surface area contributed by atoms with Crippen molar-refractivity contribution < 1.29 is 14.3 Å². The molecule has 1 amide bonds. The van der Waals surface area contributed by atoms with E-state index >= 15 is 0 Å². The molecule has 170 valence electrons. The first-order valence-corrected chi connectivity index (χ1v) is 10.9. The summed E-state index contributed by atoms with van der Waals surface area (Å²) in [7, 11) is 0. The van der Waals surface area contributed by atoms with Crippen LogP contribution in [0.2, 0.25) is 0 Å². The van der Waals surface area contributed by atoms with E-state index in [0.717, 1.165) is 16.7 Å². The smallest absolute Gasteiger partial charge is 0.338 e. The first-order valence-electron chi connectivity index (χ1n) is 10.9. The van der Waals surface area contributed by atoms with E-state index in [-0.39, 0.29) is 19.1 Å². The zero-order valence-corrected chi connectivity index (χ0v) is 19.0. The number of aromatic nitrogens is 3. The Morgan fingerprint density at radius 2 is 1.79 bits per heavy atom. The lowest BCUT2D eigenvalue weighted by Gasteiger charge is -2.35. The molecule has 3 aromatic rings. The molecule has 8 nitrogen and oxygen atoms in total. The summed E-state index contributed by atoms with van der Waals surface area (Å²) in [5.74, 6) is -0.121. The lowest BCUT2D eigenvalue weighted by Crippen LogP contribution is -2.42. The summed E-state index contributed by atoms with van der Waals surface area (Å²) in [6, 6.07) is 17.0. The van der Waals surface area contributed by atoms with Crippen LogP contribution in [0, 0.1) is 6.92 Å². The topological polar surface area (TPSA) is 89.3 Å². The molecular formula is C25H27N5O3. The van der Waals surface area contributed by atoms with Crippen molar-refractivity contribution in [1.82, 2.24) is 20.1 Å². The number of anilines is 1. The fourth-order valence-electron chi connectivity index (χ4n) is 4.04. The zero-order chi connectivity index (χ0) is 23.4. The number of fused-ring (bicyclic) bond motifs is 1. The number of amides is 1. The third-order valence-electron chi connectivity index (χ3n) is 5.76. The zero-order valence-electron chi connectivity index (χ0n) is 19.0. The minimum absolute atomic E-state index is 0.000816. The van der Waals surface area contributed by atoms with E-state index in [1.165, 1.54) is 6.33 Å². The molecule has 1 atom stereocenters. The lowest BCUT2D eigenvalue weighted by molar-refractivity contribution is -0.139. The van der Waals surface area contributed by atoms with Crippen molar-refractivity contribution in [2.24, 2.45) is 0 Å². The molecule has 0 radical (unpaired) electrons. The summed E-state index contributed by atoms with van der Waals surface area (Å²) in [6.07, 6.45) is 1.44. The van der Waals surface area contributed by atoms with Gasteiger partial charge in [-0.25, -0.2) is 9.48 Å². The first-order chi connectivity index (χ1) is 16.0. The SMILES string of the molecule is CCOC(=O)C1=C(C)N(CC(=O)NCc2ccccc2C)c2ncnn2[C@@H]1c1ccccc1. The van der Waals surface area contributed by atoms with Gasteiger partial charge in [0.2, 0.25) is 11.9 Å². The van der Waals surface area contributed by atoms with Gasteiger partial charge in [-0.05, 0) is 37.5 Å². The fourth-order valence-corrected chi connectivity index (χ4v) is 4.04. The Balaban J connectivity index is 1.65. The predicted molar refractivity (Wildman–Crippen MR) is 124 cm³/mol. The van der Waals surface area contributed by atoms with Crippen LogP contribution in [-0.2, 0) is 20.9 Å². The Kier molecular flexibility index (Phi) is 6.53. The normalized spacial score (nSPS) is 15.2. The molecule has 0 spiro atoms. The minimum Gasteiger partial charge on any atom is -0.463 e. The van der Waals surface area contributed by atoms with Gasteiger partial charge in [-0.1, -0.05) is 54.6 Å². The van der Waals surface area contributed by atoms with Gasteiger partial charge in [-0.3, -0.25) is 4.79 Å². The summed E-state index contributed by atoms with van der Waals surface area (Å²) in [5.41, 5.74) is 4.11. The monoisotopic (exact) mass is 445 g/mol. The number of rotatable bonds is 7. The highest BCUT2D eigenvalue weighted by molar-refractivity contribution is 5.93. The number of nitrogens with zero attached hydrogens (tertiary/aromatic N) is 4. The van der Waals surface area contributed by atoms with Crippen LogP contribution in [0.3, 0.4) is 0 Å². The standard InChI is InChI=1S/C25H27N5O3/c1-4-33-24(32)22-18(3)29(15-21(31)26-14-20-13-9-8-10-17(20)2)25-27-16-28-30(25)23(22)19-11-6-5-7-12-19/h5-13,16,23H,4,14-15H2,1-3H3,(H,26,31)/t23-/m1/s1. The summed E-state index contributed by atoms with van der Waals surface area (Å²) in [4.78, 5) is 32.0. The van der Waals surface area contributed by atoms with Gasteiger partial charge in [-0.15, -0.1) is 0 Å². The summed E-state index contributed by atoms with van der Waals surface area (Å²) < 4.78 is 7.05. The van der Waals surface area contributed by atoms with E-state index in [0.29, 0.717) is 23.8 Å². The van der Waals surface area contributed by atoms with Crippen LogP contribution in [-0.4, -0.2) is 39.8 Å². The maximum absolute atomic E-state index is 13.0. The molecule has 2 aromatic carbocycles. The summed E-state index contributed by atoms with van der Waals surface area (Å²) >= 11 is 0. The summed E-state index contributed by atoms with van der Waals surface area (Å²) in [5, 5.41) is 7.36. The third kappa shape index (κ3) is 4.50. The van der Waals surface area contributed by atoms with E-state index in [9.17, 15) is 9.59 Å². The number of aryl methyl sites for hydroxylation is 1. The Morgan fingerprint density at radius 1 is 1.06 bits per heavy atom. The quantitative estimate of drug-likeness (QED) is 0.562. The van der Waals surface area contributed by atoms with Crippen molar-refractivity contribution in [2.45, 2.75) is 33.4 Å².